The molecule has 0 aromatic carbocycles. The molecule has 0 radical (unpaired) electrons. The summed E-state index contributed by atoms with van der Waals surface area (Å²) in [4.78, 5) is 13.7. The van der Waals surface area contributed by atoms with Crippen LogP contribution in [0.5, 0.6) is 0 Å². The summed E-state index contributed by atoms with van der Waals surface area (Å²) >= 11 is 0. The quantitative estimate of drug-likeness (QED) is 0.406. The molecule has 0 bridgehead atoms. The van der Waals surface area contributed by atoms with Crippen LogP contribution in [0.15, 0.2) is 18.3 Å². The van der Waals surface area contributed by atoms with Gasteiger partial charge in [-0.05, 0) is 18.1 Å². The summed E-state index contributed by atoms with van der Waals surface area (Å²) in [6.45, 7) is 0. The minimum absolute atomic E-state index is 0.242. The molecule has 0 N–H and O–H groups in total. The lowest BCUT2D eigenvalue weighted by atomic mass is 10.2. The van der Waals surface area contributed by atoms with E-state index in [1.165, 1.54) is 6.20 Å². The summed E-state index contributed by atoms with van der Waals surface area (Å²) in [5.74, 6) is 4.73. The number of rotatable bonds is 0. The second-order valence-corrected chi connectivity index (χ2v) is 1.90. The third-order valence-electron chi connectivity index (χ3n) is 1.18. The topological polar surface area (TPSA) is 53.8 Å². The molecule has 0 unspecified atom stereocenters. The van der Waals surface area contributed by atoms with Crippen LogP contribution in [0.25, 0.3) is 0 Å². The number of hydrogen-bond donors (Lipinski definition) is 0. The Kier molecular flexibility index (Phi) is 2.59. The highest BCUT2D eigenvalue weighted by molar-refractivity contribution is 5.74. The number of nitrogens with zero attached hydrogens (tertiary/aromatic N) is 2. The Labute approximate surface area is 69.7 Å². The molecule has 0 aliphatic carbocycles. The van der Waals surface area contributed by atoms with E-state index in [0.29, 0.717) is 11.8 Å². The minimum Gasteiger partial charge on any atom is -0.289 e. The van der Waals surface area contributed by atoms with Gasteiger partial charge < -0.3 is 0 Å². The van der Waals surface area contributed by atoms with Crippen LogP contribution in [-0.4, -0.2) is 11.3 Å². The van der Waals surface area contributed by atoms with Gasteiger partial charge in [-0.2, -0.15) is 5.26 Å². The number of carbonyl (C=O) groups excluding carboxylic acids is 1. The lowest BCUT2D eigenvalue weighted by Gasteiger charge is -1.89. The number of aromatic nitrogens is 1. The van der Waals surface area contributed by atoms with Crippen molar-refractivity contribution in [3.63, 3.8) is 0 Å². The lowest BCUT2D eigenvalue weighted by molar-refractivity contribution is -0.103. The van der Waals surface area contributed by atoms with Gasteiger partial charge in [0, 0.05) is 6.20 Å². The van der Waals surface area contributed by atoms with Gasteiger partial charge in [-0.15, -0.1) is 0 Å². The van der Waals surface area contributed by atoms with Gasteiger partial charge in [0.05, 0.1) is 5.56 Å². The zero-order chi connectivity index (χ0) is 8.81. The van der Waals surface area contributed by atoms with Crippen molar-refractivity contribution >= 4 is 6.29 Å². The second kappa shape index (κ2) is 3.90. The van der Waals surface area contributed by atoms with Gasteiger partial charge in [0.2, 0.25) is 0 Å². The average Bonchev–Trinajstić information content (AvgIpc) is 2.15. The zero-order valence-electron chi connectivity index (χ0n) is 6.11. The van der Waals surface area contributed by atoms with Crippen LogP contribution in [0.4, 0.5) is 0 Å². The molecule has 0 aliphatic rings. The van der Waals surface area contributed by atoms with Crippen LogP contribution in [0, 0.1) is 23.2 Å². The van der Waals surface area contributed by atoms with Crippen molar-refractivity contribution < 1.29 is 4.79 Å². The molecular formula is C9H4N2O. The standard InChI is InChI=1S/C9H4N2O/c10-7-9-8(4-2-6-12)3-1-5-11-9/h1,3,5-6H. The van der Waals surface area contributed by atoms with Gasteiger partial charge in [0.15, 0.2) is 12.0 Å². The maximum atomic E-state index is 9.90. The molecule has 56 valence electrons. The fourth-order valence-electron chi connectivity index (χ4n) is 0.702. The molecule has 0 aliphatic heterocycles. The number of nitriles is 1. The summed E-state index contributed by atoms with van der Waals surface area (Å²) in [5.41, 5.74) is 0.721. The highest BCUT2D eigenvalue weighted by Crippen LogP contribution is 2.00. The van der Waals surface area contributed by atoms with E-state index >= 15 is 0 Å². The molecule has 12 heavy (non-hydrogen) atoms. The van der Waals surface area contributed by atoms with Gasteiger partial charge in [0.1, 0.15) is 6.07 Å². The first kappa shape index (κ1) is 7.97. The fraction of sp³-hybridized carbons (Fsp3) is 0. The van der Waals surface area contributed by atoms with Gasteiger partial charge in [-0.3, -0.25) is 4.79 Å². The third-order valence-corrected chi connectivity index (χ3v) is 1.18. The molecule has 0 fully saturated rings. The molecule has 0 saturated heterocycles. The Balaban J connectivity index is 3.16. The second-order valence-electron chi connectivity index (χ2n) is 1.90. The maximum absolute atomic E-state index is 9.90. The Bertz CT molecular complexity index is 393. The maximum Gasteiger partial charge on any atom is 0.193 e. The van der Waals surface area contributed by atoms with Crippen molar-refractivity contribution in [2.24, 2.45) is 0 Å². The van der Waals surface area contributed by atoms with Crippen molar-refractivity contribution in [1.82, 2.24) is 4.98 Å². The SMILES string of the molecule is N#Cc1ncccc1C#CC=O. The average molecular weight is 156 g/mol. The first-order valence-electron chi connectivity index (χ1n) is 3.19. The molecule has 3 nitrogen and oxygen atoms in total. The predicted octanol–water partition coefficient (Wildman–Crippen LogP) is 0.504. The molecule has 1 aromatic rings. The Hall–Kier alpha value is -2.13. The summed E-state index contributed by atoms with van der Waals surface area (Å²) in [5, 5.41) is 8.55. The number of hydrogen-bond acceptors (Lipinski definition) is 3. The number of carbonyl (C=O) groups is 1. The van der Waals surface area contributed by atoms with Crippen molar-refractivity contribution in [3.8, 4) is 17.9 Å². The molecule has 0 saturated carbocycles. The monoisotopic (exact) mass is 156 g/mol. The van der Waals surface area contributed by atoms with E-state index < -0.39 is 0 Å². The highest BCUT2D eigenvalue weighted by Gasteiger charge is 1.96. The summed E-state index contributed by atoms with van der Waals surface area (Å²) < 4.78 is 0. The van der Waals surface area contributed by atoms with Crippen molar-refractivity contribution in [3.05, 3.63) is 29.6 Å². The van der Waals surface area contributed by atoms with Gasteiger partial charge >= 0.3 is 0 Å². The molecule has 0 amide bonds. The molecule has 0 spiro atoms. The van der Waals surface area contributed by atoms with Gasteiger partial charge in [-0.1, -0.05) is 5.92 Å². The summed E-state index contributed by atoms with van der Waals surface area (Å²) in [6.07, 6.45) is 1.98. The largest absolute Gasteiger partial charge is 0.289 e. The van der Waals surface area contributed by atoms with Crippen LogP contribution in [0.1, 0.15) is 11.3 Å². The first-order chi connectivity index (χ1) is 5.88. The summed E-state index contributed by atoms with van der Waals surface area (Å²) in [6, 6.07) is 5.18. The smallest absolute Gasteiger partial charge is 0.193 e. The molecule has 1 rings (SSSR count). The zero-order valence-corrected chi connectivity index (χ0v) is 6.11. The van der Waals surface area contributed by atoms with Crippen molar-refractivity contribution in [2.75, 3.05) is 0 Å². The predicted molar refractivity (Wildman–Crippen MR) is 41.9 cm³/mol. The van der Waals surface area contributed by atoms with Crippen LogP contribution >= 0.6 is 0 Å². The summed E-state index contributed by atoms with van der Waals surface area (Å²) in [7, 11) is 0. The number of pyridine rings is 1. The molecule has 1 aromatic heterocycles. The first-order valence-corrected chi connectivity index (χ1v) is 3.19. The van der Waals surface area contributed by atoms with Crippen molar-refractivity contribution in [2.45, 2.75) is 0 Å². The minimum atomic E-state index is 0.242. The third kappa shape index (κ3) is 1.68. The fourth-order valence-corrected chi connectivity index (χ4v) is 0.702. The van der Waals surface area contributed by atoms with Crippen molar-refractivity contribution in [1.29, 1.82) is 5.26 Å². The highest BCUT2D eigenvalue weighted by atomic mass is 16.1. The van der Waals surface area contributed by atoms with E-state index in [-0.39, 0.29) is 5.69 Å². The van der Waals surface area contributed by atoms with E-state index in [9.17, 15) is 4.79 Å². The lowest BCUT2D eigenvalue weighted by Crippen LogP contribution is -1.86. The van der Waals surface area contributed by atoms with Crippen LogP contribution < -0.4 is 0 Å². The van der Waals surface area contributed by atoms with E-state index in [2.05, 4.69) is 16.8 Å². The van der Waals surface area contributed by atoms with E-state index in [1.807, 2.05) is 6.07 Å². The normalized spacial score (nSPS) is 7.58. The van der Waals surface area contributed by atoms with Crippen LogP contribution in [-0.2, 0) is 4.79 Å². The molecular weight excluding hydrogens is 152 g/mol. The molecule has 1 heterocycles. The molecule has 0 atom stereocenters. The number of aldehydes is 1. The van der Waals surface area contributed by atoms with Crippen LogP contribution in [0.3, 0.4) is 0 Å². The Morgan fingerprint density at radius 1 is 1.58 bits per heavy atom. The van der Waals surface area contributed by atoms with Gasteiger partial charge in [-0.25, -0.2) is 4.98 Å². The van der Waals surface area contributed by atoms with E-state index in [0.717, 1.165) is 0 Å². The van der Waals surface area contributed by atoms with Crippen LogP contribution in [0.2, 0.25) is 0 Å². The van der Waals surface area contributed by atoms with Gasteiger partial charge in [0.25, 0.3) is 0 Å². The van der Waals surface area contributed by atoms with E-state index in [4.69, 9.17) is 5.26 Å². The van der Waals surface area contributed by atoms with E-state index in [1.54, 1.807) is 12.1 Å². The Morgan fingerprint density at radius 2 is 2.42 bits per heavy atom. The molecule has 3 heteroatoms. The Morgan fingerprint density at radius 3 is 3.08 bits per heavy atom.